The van der Waals surface area contributed by atoms with Crippen LogP contribution in [0.4, 0.5) is 0 Å². The van der Waals surface area contributed by atoms with Gasteiger partial charge in [0.25, 0.3) is 5.91 Å². The predicted octanol–water partition coefficient (Wildman–Crippen LogP) is 0.630. The lowest BCUT2D eigenvalue weighted by atomic mass is 10.0. The third-order valence-electron chi connectivity index (χ3n) is 5.95. The zero-order valence-electron chi connectivity index (χ0n) is 15.8. The summed E-state index contributed by atoms with van der Waals surface area (Å²) in [6, 6.07) is 6.17. The molecular weight excluding hydrogens is 344 g/mol. The molecule has 0 saturated carbocycles. The van der Waals surface area contributed by atoms with Crippen LogP contribution < -0.4 is 10.6 Å². The number of nitrogens with zero attached hydrogens (tertiary/aromatic N) is 2. The molecule has 7 nitrogen and oxygen atoms in total. The second-order valence-corrected chi connectivity index (χ2v) is 7.93. The number of hydrogen-bond acceptors (Lipinski definition) is 5. The van der Waals surface area contributed by atoms with E-state index in [0.29, 0.717) is 30.6 Å². The summed E-state index contributed by atoms with van der Waals surface area (Å²) in [5.41, 5.74) is 2.86. The molecule has 2 N–H and O–H groups in total. The van der Waals surface area contributed by atoms with E-state index < -0.39 is 6.04 Å². The molecule has 7 heteroatoms. The fourth-order valence-electron chi connectivity index (χ4n) is 4.33. The van der Waals surface area contributed by atoms with Gasteiger partial charge in [0.05, 0.1) is 0 Å². The fourth-order valence-corrected chi connectivity index (χ4v) is 4.33. The van der Waals surface area contributed by atoms with Crippen molar-refractivity contribution in [3.8, 4) is 0 Å². The first-order chi connectivity index (χ1) is 12.9. The minimum atomic E-state index is -0.561. The van der Waals surface area contributed by atoms with Crippen LogP contribution >= 0.6 is 0 Å². The SMILES string of the molecule is CC1CN(Cc2cccc3c2CN(C2CCC(=O)NC2=O)C3=O)C(C)CN1. The molecule has 144 valence electrons. The molecule has 3 heterocycles. The van der Waals surface area contributed by atoms with E-state index in [0.717, 1.165) is 30.8 Å². The van der Waals surface area contributed by atoms with Crippen molar-refractivity contribution in [3.63, 3.8) is 0 Å². The Morgan fingerprint density at radius 1 is 1.19 bits per heavy atom. The number of amides is 3. The standard InChI is InChI=1S/C20H26N4O3/c1-12-9-23(13(2)8-21-12)10-14-4-3-5-15-16(14)11-24(20(15)27)17-6-7-18(25)22-19(17)26/h3-5,12-13,17,21H,6-11H2,1-2H3,(H,22,25,26). The highest BCUT2D eigenvalue weighted by molar-refractivity contribution is 6.05. The highest BCUT2D eigenvalue weighted by atomic mass is 16.2. The normalized spacial score (nSPS) is 29.0. The van der Waals surface area contributed by atoms with Gasteiger partial charge in [-0.3, -0.25) is 24.6 Å². The van der Waals surface area contributed by atoms with Gasteiger partial charge in [0.2, 0.25) is 11.8 Å². The number of imide groups is 1. The zero-order valence-corrected chi connectivity index (χ0v) is 15.8. The van der Waals surface area contributed by atoms with Crippen LogP contribution in [0.2, 0.25) is 0 Å². The summed E-state index contributed by atoms with van der Waals surface area (Å²) in [5.74, 6) is -0.732. The summed E-state index contributed by atoms with van der Waals surface area (Å²) in [5, 5.41) is 5.85. The molecule has 2 fully saturated rings. The van der Waals surface area contributed by atoms with E-state index >= 15 is 0 Å². The molecule has 0 radical (unpaired) electrons. The summed E-state index contributed by atoms with van der Waals surface area (Å²) >= 11 is 0. The van der Waals surface area contributed by atoms with Crippen molar-refractivity contribution >= 4 is 17.7 Å². The number of piperidine rings is 1. The smallest absolute Gasteiger partial charge is 0.255 e. The lowest BCUT2D eigenvalue weighted by Gasteiger charge is -2.37. The molecule has 0 aliphatic carbocycles. The maximum Gasteiger partial charge on any atom is 0.255 e. The van der Waals surface area contributed by atoms with E-state index in [1.165, 1.54) is 0 Å². The molecule has 1 aromatic carbocycles. The Bertz CT molecular complexity index is 793. The Hall–Kier alpha value is -2.25. The van der Waals surface area contributed by atoms with Crippen molar-refractivity contribution in [3.05, 3.63) is 34.9 Å². The number of carbonyl (C=O) groups is 3. The largest absolute Gasteiger partial charge is 0.322 e. The van der Waals surface area contributed by atoms with Gasteiger partial charge in [0, 0.05) is 50.2 Å². The number of hydrogen-bond donors (Lipinski definition) is 2. The minimum Gasteiger partial charge on any atom is -0.322 e. The van der Waals surface area contributed by atoms with Crippen molar-refractivity contribution < 1.29 is 14.4 Å². The van der Waals surface area contributed by atoms with Crippen LogP contribution in [0, 0.1) is 0 Å². The Labute approximate surface area is 159 Å². The minimum absolute atomic E-state index is 0.108. The van der Waals surface area contributed by atoms with Crippen LogP contribution in [0.1, 0.15) is 48.2 Å². The van der Waals surface area contributed by atoms with E-state index in [2.05, 4.69) is 35.4 Å². The van der Waals surface area contributed by atoms with Gasteiger partial charge in [0.15, 0.2) is 0 Å². The number of rotatable bonds is 3. The fraction of sp³-hybridized carbons (Fsp3) is 0.550. The van der Waals surface area contributed by atoms with Crippen molar-refractivity contribution in [2.45, 2.75) is 57.9 Å². The van der Waals surface area contributed by atoms with Crippen LogP contribution in [0.15, 0.2) is 18.2 Å². The van der Waals surface area contributed by atoms with Crippen LogP contribution in [0.5, 0.6) is 0 Å². The topological polar surface area (TPSA) is 81.8 Å². The van der Waals surface area contributed by atoms with E-state index in [9.17, 15) is 14.4 Å². The average molecular weight is 370 g/mol. The van der Waals surface area contributed by atoms with Crippen LogP contribution in [-0.4, -0.2) is 58.7 Å². The summed E-state index contributed by atoms with van der Waals surface area (Å²) < 4.78 is 0. The first-order valence-corrected chi connectivity index (χ1v) is 9.67. The molecule has 3 aliphatic rings. The quantitative estimate of drug-likeness (QED) is 0.763. The van der Waals surface area contributed by atoms with Gasteiger partial charge in [0.1, 0.15) is 6.04 Å². The Balaban J connectivity index is 1.56. The van der Waals surface area contributed by atoms with Crippen LogP contribution in [-0.2, 0) is 22.7 Å². The highest BCUT2D eigenvalue weighted by Crippen LogP contribution is 2.30. The van der Waals surface area contributed by atoms with Crippen molar-refractivity contribution in [2.24, 2.45) is 0 Å². The number of nitrogens with one attached hydrogen (secondary N) is 2. The summed E-state index contributed by atoms with van der Waals surface area (Å²) in [7, 11) is 0. The van der Waals surface area contributed by atoms with Gasteiger partial charge >= 0.3 is 0 Å². The lowest BCUT2D eigenvalue weighted by molar-refractivity contribution is -0.136. The van der Waals surface area contributed by atoms with Gasteiger partial charge in [-0.2, -0.15) is 0 Å². The molecule has 0 aromatic heterocycles. The maximum atomic E-state index is 12.9. The predicted molar refractivity (Wildman–Crippen MR) is 99.8 cm³/mol. The maximum absolute atomic E-state index is 12.9. The van der Waals surface area contributed by atoms with Gasteiger partial charge in [-0.25, -0.2) is 0 Å². The highest BCUT2D eigenvalue weighted by Gasteiger charge is 2.40. The monoisotopic (exact) mass is 370 g/mol. The number of fused-ring (bicyclic) bond motifs is 1. The van der Waals surface area contributed by atoms with E-state index in [1.54, 1.807) is 4.90 Å². The van der Waals surface area contributed by atoms with Gasteiger partial charge in [-0.05, 0) is 37.5 Å². The third-order valence-corrected chi connectivity index (χ3v) is 5.95. The zero-order chi connectivity index (χ0) is 19.1. The van der Waals surface area contributed by atoms with Gasteiger partial charge < -0.3 is 10.2 Å². The summed E-state index contributed by atoms with van der Waals surface area (Å²) in [4.78, 5) is 40.6. The molecular formula is C20H26N4O3. The van der Waals surface area contributed by atoms with Gasteiger partial charge in [-0.1, -0.05) is 12.1 Å². The molecule has 3 atom stereocenters. The van der Waals surface area contributed by atoms with Gasteiger partial charge in [-0.15, -0.1) is 0 Å². The molecule has 0 spiro atoms. The second kappa shape index (κ2) is 7.05. The van der Waals surface area contributed by atoms with Crippen LogP contribution in [0.25, 0.3) is 0 Å². The molecule has 27 heavy (non-hydrogen) atoms. The first-order valence-electron chi connectivity index (χ1n) is 9.67. The average Bonchev–Trinajstić information content (AvgIpc) is 2.96. The summed E-state index contributed by atoms with van der Waals surface area (Å²) in [6.45, 7) is 7.55. The van der Waals surface area contributed by atoms with E-state index in [4.69, 9.17) is 0 Å². The molecule has 4 rings (SSSR count). The molecule has 3 unspecified atom stereocenters. The van der Waals surface area contributed by atoms with E-state index in [1.807, 2.05) is 12.1 Å². The van der Waals surface area contributed by atoms with Crippen molar-refractivity contribution in [1.82, 2.24) is 20.4 Å². The Kier molecular flexibility index (Phi) is 4.74. The molecule has 0 bridgehead atoms. The Morgan fingerprint density at radius 3 is 2.78 bits per heavy atom. The third kappa shape index (κ3) is 3.37. The first kappa shape index (κ1) is 18.1. The van der Waals surface area contributed by atoms with Crippen molar-refractivity contribution in [1.29, 1.82) is 0 Å². The lowest BCUT2D eigenvalue weighted by Crippen LogP contribution is -2.53. The second-order valence-electron chi connectivity index (χ2n) is 7.93. The molecule has 3 amide bonds. The Morgan fingerprint density at radius 2 is 2.00 bits per heavy atom. The number of benzene rings is 1. The number of piperazine rings is 1. The molecule has 2 saturated heterocycles. The molecule has 3 aliphatic heterocycles. The number of carbonyl (C=O) groups excluding carboxylic acids is 3. The summed E-state index contributed by atoms with van der Waals surface area (Å²) in [6.07, 6.45) is 0.672. The van der Waals surface area contributed by atoms with Crippen molar-refractivity contribution in [2.75, 3.05) is 13.1 Å². The van der Waals surface area contributed by atoms with E-state index in [-0.39, 0.29) is 24.1 Å². The molecule has 1 aromatic rings. The van der Waals surface area contributed by atoms with Crippen LogP contribution in [0.3, 0.4) is 0 Å².